The average molecular weight is 349 g/mol. The van der Waals surface area contributed by atoms with Crippen LogP contribution in [0.1, 0.15) is 11.5 Å². The van der Waals surface area contributed by atoms with E-state index in [2.05, 4.69) is 0 Å². The van der Waals surface area contributed by atoms with Gasteiger partial charge in [0.15, 0.2) is 6.61 Å². The molecule has 1 heterocycles. The molecule has 0 bridgehead atoms. The maximum Gasteiger partial charge on any atom is 0.260 e. The molecule has 2 aromatic carbocycles. The number of nitrogens with zero attached hydrogens (tertiary/aromatic N) is 1. The molecular weight excluding hydrogens is 331 g/mol. The Morgan fingerprint density at radius 1 is 1.25 bits per heavy atom. The highest BCUT2D eigenvalue weighted by Gasteiger charge is 2.33. The molecule has 0 aliphatic carbocycles. The fraction of sp³-hybridized carbons (Fsp3) is 0.278. The summed E-state index contributed by atoms with van der Waals surface area (Å²) < 4.78 is 18.4. The largest absolute Gasteiger partial charge is 0.482 e. The van der Waals surface area contributed by atoms with Gasteiger partial charge in [-0.05, 0) is 23.8 Å². The standard InChI is InChI=1S/C18H18ClFN2O2/c19-15-8-13(20)6-7-17(15)24-11-18(23)22-9-14(16(21)10-22)12-4-2-1-3-5-12/h1-8,14,16H,9-11,21H2/t14-,16+/m0/s1. The lowest BCUT2D eigenvalue weighted by atomic mass is 9.95. The first-order valence-corrected chi connectivity index (χ1v) is 8.08. The molecule has 0 saturated carbocycles. The Morgan fingerprint density at radius 2 is 2.00 bits per heavy atom. The molecule has 1 fully saturated rings. The molecule has 1 aliphatic heterocycles. The zero-order chi connectivity index (χ0) is 17.1. The number of halogens is 2. The van der Waals surface area contributed by atoms with Gasteiger partial charge in [-0.2, -0.15) is 0 Å². The van der Waals surface area contributed by atoms with Crippen LogP contribution < -0.4 is 10.5 Å². The number of amides is 1. The Kier molecular flexibility index (Phi) is 5.02. The van der Waals surface area contributed by atoms with E-state index in [4.69, 9.17) is 22.1 Å². The molecule has 0 unspecified atom stereocenters. The van der Waals surface area contributed by atoms with E-state index in [0.29, 0.717) is 13.1 Å². The summed E-state index contributed by atoms with van der Waals surface area (Å²) in [5, 5.41) is 0.142. The van der Waals surface area contributed by atoms with Crippen molar-refractivity contribution in [2.75, 3.05) is 19.7 Å². The highest BCUT2D eigenvalue weighted by atomic mass is 35.5. The molecule has 1 saturated heterocycles. The quantitative estimate of drug-likeness (QED) is 0.924. The van der Waals surface area contributed by atoms with Gasteiger partial charge < -0.3 is 15.4 Å². The fourth-order valence-corrected chi connectivity index (χ4v) is 3.13. The summed E-state index contributed by atoms with van der Waals surface area (Å²) >= 11 is 5.89. The highest BCUT2D eigenvalue weighted by molar-refractivity contribution is 6.32. The Labute approximate surface area is 145 Å². The zero-order valence-corrected chi connectivity index (χ0v) is 13.7. The van der Waals surface area contributed by atoms with E-state index in [0.717, 1.165) is 11.6 Å². The number of hydrogen-bond donors (Lipinski definition) is 1. The molecule has 4 nitrogen and oxygen atoms in total. The summed E-state index contributed by atoms with van der Waals surface area (Å²) in [4.78, 5) is 14.0. The van der Waals surface area contributed by atoms with Crippen LogP contribution in [0.2, 0.25) is 5.02 Å². The number of carbonyl (C=O) groups is 1. The summed E-state index contributed by atoms with van der Waals surface area (Å²) in [5.74, 6) is -0.210. The second kappa shape index (κ2) is 7.20. The molecule has 6 heteroatoms. The van der Waals surface area contributed by atoms with Crippen LogP contribution in [-0.2, 0) is 4.79 Å². The molecule has 0 aromatic heterocycles. The first-order valence-electron chi connectivity index (χ1n) is 7.71. The third-order valence-electron chi connectivity index (χ3n) is 4.19. The number of carbonyl (C=O) groups excluding carboxylic acids is 1. The smallest absolute Gasteiger partial charge is 0.260 e. The van der Waals surface area contributed by atoms with E-state index >= 15 is 0 Å². The van der Waals surface area contributed by atoms with Crippen LogP contribution in [0.15, 0.2) is 48.5 Å². The molecule has 24 heavy (non-hydrogen) atoms. The van der Waals surface area contributed by atoms with E-state index < -0.39 is 5.82 Å². The van der Waals surface area contributed by atoms with Crippen LogP contribution in [0.25, 0.3) is 0 Å². The number of nitrogens with two attached hydrogens (primary N) is 1. The van der Waals surface area contributed by atoms with Gasteiger partial charge in [0.05, 0.1) is 5.02 Å². The van der Waals surface area contributed by atoms with Gasteiger partial charge in [0.2, 0.25) is 0 Å². The first-order chi connectivity index (χ1) is 11.5. The van der Waals surface area contributed by atoms with Crippen molar-refractivity contribution in [3.63, 3.8) is 0 Å². The van der Waals surface area contributed by atoms with Gasteiger partial charge in [0.1, 0.15) is 11.6 Å². The normalized spacial score (nSPS) is 20.2. The number of benzene rings is 2. The molecule has 0 spiro atoms. The van der Waals surface area contributed by atoms with E-state index in [9.17, 15) is 9.18 Å². The topological polar surface area (TPSA) is 55.6 Å². The summed E-state index contributed by atoms with van der Waals surface area (Å²) in [6.07, 6.45) is 0. The van der Waals surface area contributed by atoms with E-state index in [1.54, 1.807) is 4.90 Å². The number of rotatable bonds is 4. The monoisotopic (exact) mass is 348 g/mol. The van der Waals surface area contributed by atoms with Crippen LogP contribution in [0.3, 0.4) is 0 Å². The van der Waals surface area contributed by atoms with Crippen molar-refractivity contribution in [3.05, 3.63) is 64.9 Å². The predicted octanol–water partition coefficient (Wildman–Crippen LogP) is 2.81. The molecule has 1 amide bonds. The minimum absolute atomic E-state index is 0.106. The Balaban J connectivity index is 1.60. The predicted molar refractivity (Wildman–Crippen MR) is 90.6 cm³/mol. The van der Waals surface area contributed by atoms with Crippen LogP contribution in [-0.4, -0.2) is 36.5 Å². The number of ether oxygens (including phenoxy) is 1. The van der Waals surface area contributed by atoms with E-state index in [1.807, 2.05) is 30.3 Å². The minimum Gasteiger partial charge on any atom is -0.482 e. The van der Waals surface area contributed by atoms with Gasteiger partial charge in [0.25, 0.3) is 5.91 Å². The van der Waals surface area contributed by atoms with Crippen molar-refractivity contribution in [1.29, 1.82) is 0 Å². The molecule has 1 aliphatic rings. The Hall–Kier alpha value is -2.11. The summed E-state index contributed by atoms with van der Waals surface area (Å²) in [6, 6.07) is 13.6. The van der Waals surface area contributed by atoms with Crippen LogP contribution in [0.5, 0.6) is 5.75 Å². The maximum atomic E-state index is 13.0. The van der Waals surface area contributed by atoms with Gasteiger partial charge in [0, 0.05) is 25.0 Å². The molecule has 0 radical (unpaired) electrons. The van der Waals surface area contributed by atoms with Crippen molar-refractivity contribution >= 4 is 17.5 Å². The van der Waals surface area contributed by atoms with Crippen molar-refractivity contribution in [3.8, 4) is 5.75 Å². The fourth-order valence-electron chi connectivity index (χ4n) is 2.91. The van der Waals surface area contributed by atoms with Gasteiger partial charge in [-0.15, -0.1) is 0 Å². The maximum absolute atomic E-state index is 13.0. The third kappa shape index (κ3) is 3.68. The lowest BCUT2D eigenvalue weighted by molar-refractivity contribution is -0.132. The van der Waals surface area contributed by atoms with E-state index in [-0.39, 0.29) is 35.2 Å². The average Bonchev–Trinajstić information content (AvgIpc) is 2.96. The molecule has 3 rings (SSSR count). The lowest BCUT2D eigenvalue weighted by Gasteiger charge is -2.17. The summed E-state index contributed by atoms with van der Waals surface area (Å²) in [7, 11) is 0. The number of hydrogen-bond acceptors (Lipinski definition) is 3. The zero-order valence-electron chi connectivity index (χ0n) is 13.0. The Morgan fingerprint density at radius 3 is 2.71 bits per heavy atom. The van der Waals surface area contributed by atoms with E-state index in [1.165, 1.54) is 12.1 Å². The van der Waals surface area contributed by atoms with Gasteiger partial charge in [-0.3, -0.25) is 4.79 Å². The van der Waals surface area contributed by atoms with Crippen molar-refractivity contribution in [2.45, 2.75) is 12.0 Å². The molecular formula is C18H18ClFN2O2. The van der Waals surface area contributed by atoms with Crippen LogP contribution in [0, 0.1) is 5.82 Å². The Bertz CT molecular complexity index is 726. The molecule has 2 aromatic rings. The minimum atomic E-state index is -0.449. The third-order valence-corrected chi connectivity index (χ3v) is 4.49. The lowest BCUT2D eigenvalue weighted by Crippen LogP contribution is -2.35. The second-order valence-corrected chi connectivity index (χ2v) is 6.25. The number of likely N-dealkylation sites (tertiary alicyclic amines) is 1. The van der Waals surface area contributed by atoms with Gasteiger partial charge in [-0.1, -0.05) is 41.9 Å². The van der Waals surface area contributed by atoms with Gasteiger partial charge in [-0.25, -0.2) is 4.39 Å². The summed E-state index contributed by atoms with van der Waals surface area (Å²) in [5.41, 5.74) is 7.32. The first kappa shape index (κ1) is 16.7. The second-order valence-electron chi connectivity index (χ2n) is 5.84. The molecule has 126 valence electrons. The summed E-state index contributed by atoms with van der Waals surface area (Å²) in [6.45, 7) is 0.892. The van der Waals surface area contributed by atoms with Gasteiger partial charge >= 0.3 is 0 Å². The van der Waals surface area contributed by atoms with Crippen molar-refractivity contribution < 1.29 is 13.9 Å². The highest BCUT2D eigenvalue weighted by Crippen LogP contribution is 2.27. The van der Waals surface area contributed by atoms with Crippen molar-refractivity contribution in [1.82, 2.24) is 4.90 Å². The molecule has 2 atom stereocenters. The van der Waals surface area contributed by atoms with Crippen LogP contribution >= 0.6 is 11.6 Å². The van der Waals surface area contributed by atoms with Crippen LogP contribution in [0.4, 0.5) is 4.39 Å². The SMILES string of the molecule is N[C@@H]1CN(C(=O)COc2ccc(F)cc2Cl)C[C@H]1c1ccccc1. The van der Waals surface area contributed by atoms with Crippen molar-refractivity contribution in [2.24, 2.45) is 5.73 Å². The molecule has 2 N–H and O–H groups in total.